The molecule has 34 heavy (non-hydrogen) atoms. The summed E-state index contributed by atoms with van der Waals surface area (Å²) in [5.41, 5.74) is 4.07. The standard InChI is InChI=1S/C24H27ClN6O.C2H2/c1-16-14-31(10-11-32-16)15-22-29-21-12-17(23-20(25)5-3-9-27-23)6-7-19(21)24(30-22)28-18-4-2-8-26-13-18;1-2/h2-9,12-13,16,22-23,27,29H,10-11,14-15H2,1H3,(H,28,30);1-2H/t16-,22?,23?;/m0./s1. The summed E-state index contributed by atoms with van der Waals surface area (Å²) in [6.07, 6.45) is 17.5. The second kappa shape index (κ2) is 11.2. The molecule has 0 bridgehead atoms. The number of rotatable bonds is 4. The van der Waals surface area contributed by atoms with Gasteiger partial charge in [-0.15, -0.1) is 12.8 Å². The lowest BCUT2D eigenvalue weighted by molar-refractivity contribution is -0.0190. The Labute approximate surface area is 206 Å². The summed E-state index contributed by atoms with van der Waals surface area (Å²) < 4.78 is 5.70. The highest BCUT2D eigenvalue weighted by molar-refractivity contribution is 6.30. The molecule has 4 heterocycles. The molecule has 176 valence electrons. The molecule has 2 unspecified atom stereocenters. The van der Waals surface area contributed by atoms with Gasteiger partial charge >= 0.3 is 0 Å². The van der Waals surface area contributed by atoms with E-state index >= 15 is 0 Å². The Morgan fingerprint density at radius 1 is 1.29 bits per heavy atom. The van der Waals surface area contributed by atoms with Gasteiger partial charge in [0.2, 0.25) is 0 Å². The molecular formula is C26H29ClN6O. The van der Waals surface area contributed by atoms with Crippen molar-refractivity contribution in [1.29, 1.82) is 0 Å². The lowest BCUT2D eigenvalue weighted by atomic mass is 9.99. The molecule has 3 atom stereocenters. The number of benzene rings is 1. The van der Waals surface area contributed by atoms with Crippen LogP contribution in [0.1, 0.15) is 24.1 Å². The number of nitrogens with zero attached hydrogens (tertiary/aromatic N) is 3. The van der Waals surface area contributed by atoms with E-state index in [-0.39, 0.29) is 18.3 Å². The second-order valence-corrected chi connectivity index (χ2v) is 8.70. The molecule has 0 aliphatic carbocycles. The molecular weight excluding hydrogens is 448 g/mol. The van der Waals surface area contributed by atoms with Gasteiger partial charge in [0, 0.05) is 42.1 Å². The Hall–Kier alpha value is -3.31. The smallest absolute Gasteiger partial charge is 0.137 e. The number of ether oxygens (including phenoxy) is 1. The van der Waals surface area contributed by atoms with E-state index in [1.54, 1.807) is 12.4 Å². The highest BCUT2D eigenvalue weighted by atomic mass is 35.5. The van der Waals surface area contributed by atoms with E-state index in [2.05, 4.69) is 63.8 Å². The minimum Gasteiger partial charge on any atom is -0.379 e. The zero-order chi connectivity index (χ0) is 23.9. The van der Waals surface area contributed by atoms with Crippen LogP contribution in [0.3, 0.4) is 0 Å². The number of terminal acetylenes is 1. The van der Waals surface area contributed by atoms with E-state index in [0.29, 0.717) is 0 Å². The Kier molecular flexibility index (Phi) is 7.86. The fourth-order valence-corrected chi connectivity index (χ4v) is 4.55. The largest absolute Gasteiger partial charge is 0.379 e. The normalized spacial score (nSPS) is 23.7. The summed E-state index contributed by atoms with van der Waals surface area (Å²) in [6, 6.07) is 10.2. The summed E-state index contributed by atoms with van der Waals surface area (Å²) in [4.78, 5) is 11.6. The van der Waals surface area contributed by atoms with Gasteiger partial charge in [-0.2, -0.15) is 0 Å². The van der Waals surface area contributed by atoms with Crippen LogP contribution in [0.15, 0.2) is 71.1 Å². The fraction of sp³-hybridized carbons (Fsp3) is 0.308. The maximum absolute atomic E-state index is 6.47. The third kappa shape index (κ3) is 5.60. The van der Waals surface area contributed by atoms with Crippen LogP contribution in [0.2, 0.25) is 0 Å². The first-order valence-electron chi connectivity index (χ1n) is 11.3. The number of dihydropyridines is 1. The number of aromatic nitrogens is 1. The average Bonchev–Trinajstić information content (AvgIpc) is 2.86. The maximum atomic E-state index is 6.47. The summed E-state index contributed by atoms with van der Waals surface area (Å²) in [7, 11) is 0. The van der Waals surface area contributed by atoms with Crippen molar-refractivity contribution in [3.05, 3.63) is 77.2 Å². The summed E-state index contributed by atoms with van der Waals surface area (Å²) in [6.45, 7) is 5.49. The van der Waals surface area contributed by atoms with Gasteiger partial charge in [-0.05, 0) is 55.1 Å². The van der Waals surface area contributed by atoms with Crippen molar-refractivity contribution in [2.45, 2.75) is 25.2 Å². The lowest BCUT2D eigenvalue weighted by Crippen LogP contribution is -2.46. The van der Waals surface area contributed by atoms with Crippen molar-refractivity contribution in [2.24, 2.45) is 4.99 Å². The number of aliphatic imine (C=N–C) groups is 1. The van der Waals surface area contributed by atoms with Crippen LogP contribution in [0, 0.1) is 12.8 Å². The van der Waals surface area contributed by atoms with Crippen LogP contribution in [-0.2, 0) is 4.74 Å². The number of allylic oxidation sites excluding steroid dienone is 2. The predicted octanol–water partition coefficient (Wildman–Crippen LogP) is 3.94. The van der Waals surface area contributed by atoms with Gasteiger partial charge in [0.1, 0.15) is 12.0 Å². The molecule has 3 aliphatic heterocycles. The molecule has 1 aromatic heterocycles. The first-order chi connectivity index (χ1) is 16.7. The van der Waals surface area contributed by atoms with Gasteiger partial charge in [-0.3, -0.25) is 9.88 Å². The first-order valence-corrected chi connectivity index (χ1v) is 11.6. The molecule has 0 spiro atoms. The second-order valence-electron chi connectivity index (χ2n) is 8.26. The molecule has 1 saturated heterocycles. The van der Waals surface area contributed by atoms with Crippen molar-refractivity contribution in [3.8, 4) is 12.8 Å². The zero-order valence-electron chi connectivity index (χ0n) is 19.1. The topological polar surface area (TPSA) is 73.8 Å². The number of anilines is 2. The highest BCUT2D eigenvalue weighted by Gasteiger charge is 2.26. The molecule has 5 rings (SSSR count). The van der Waals surface area contributed by atoms with E-state index in [1.807, 2.05) is 30.5 Å². The number of hydrogen-bond acceptors (Lipinski definition) is 7. The molecule has 1 aromatic carbocycles. The van der Waals surface area contributed by atoms with Gasteiger partial charge < -0.3 is 20.7 Å². The monoisotopic (exact) mass is 476 g/mol. The van der Waals surface area contributed by atoms with E-state index in [1.165, 1.54) is 0 Å². The molecule has 3 N–H and O–H groups in total. The van der Waals surface area contributed by atoms with Crippen molar-refractivity contribution in [2.75, 3.05) is 36.9 Å². The quantitative estimate of drug-likeness (QED) is 0.580. The molecule has 1 fully saturated rings. The number of amidine groups is 1. The van der Waals surface area contributed by atoms with Gasteiger partial charge in [-0.1, -0.05) is 17.7 Å². The van der Waals surface area contributed by atoms with Crippen molar-refractivity contribution in [1.82, 2.24) is 15.2 Å². The SMILES string of the molecule is C#C.C[C@H]1CN(CC2N=C(Nc3cccnc3)c3ccc(C4NC=CC=C4Cl)cc3N2)CCO1. The number of pyridine rings is 1. The highest BCUT2D eigenvalue weighted by Crippen LogP contribution is 2.32. The van der Waals surface area contributed by atoms with E-state index in [0.717, 1.165) is 59.6 Å². The third-order valence-electron chi connectivity index (χ3n) is 5.81. The van der Waals surface area contributed by atoms with Crippen LogP contribution in [0.25, 0.3) is 0 Å². The number of hydrogen-bond donors (Lipinski definition) is 3. The van der Waals surface area contributed by atoms with E-state index in [9.17, 15) is 0 Å². The minimum absolute atomic E-state index is 0.0547. The molecule has 2 aromatic rings. The maximum Gasteiger partial charge on any atom is 0.137 e. The average molecular weight is 477 g/mol. The molecule has 0 radical (unpaired) electrons. The Bertz CT molecular complexity index is 1100. The molecule has 8 heteroatoms. The van der Waals surface area contributed by atoms with Crippen molar-refractivity contribution < 1.29 is 4.74 Å². The van der Waals surface area contributed by atoms with Gasteiger partial charge in [0.05, 0.1) is 30.6 Å². The Morgan fingerprint density at radius 3 is 2.94 bits per heavy atom. The van der Waals surface area contributed by atoms with Crippen LogP contribution in [0.5, 0.6) is 0 Å². The van der Waals surface area contributed by atoms with Crippen LogP contribution < -0.4 is 16.0 Å². The van der Waals surface area contributed by atoms with Crippen LogP contribution >= 0.6 is 11.6 Å². The lowest BCUT2D eigenvalue weighted by Gasteiger charge is -2.35. The summed E-state index contributed by atoms with van der Waals surface area (Å²) in [5, 5.41) is 11.2. The summed E-state index contributed by atoms with van der Waals surface area (Å²) >= 11 is 6.47. The van der Waals surface area contributed by atoms with Crippen molar-refractivity contribution in [3.63, 3.8) is 0 Å². The van der Waals surface area contributed by atoms with Gasteiger partial charge in [0.25, 0.3) is 0 Å². The van der Waals surface area contributed by atoms with Gasteiger partial charge in [0.15, 0.2) is 0 Å². The fourth-order valence-electron chi connectivity index (χ4n) is 4.29. The number of nitrogens with one attached hydrogen (secondary N) is 3. The Morgan fingerprint density at radius 2 is 2.18 bits per heavy atom. The van der Waals surface area contributed by atoms with Gasteiger partial charge in [-0.25, -0.2) is 4.99 Å². The molecule has 7 nitrogen and oxygen atoms in total. The zero-order valence-corrected chi connectivity index (χ0v) is 19.9. The molecule has 3 aliphatic rings. The molecule has 0 saturated carbocycles. The van der Waals surface area contributed by atoms with E-state index < -0.39 is 0 Å². The number of morpholine rings is 1. The number of fused-ring (bicyclic) bond motifs is 1. The minimum atomic E-state index is -0.0764. The third-order valence-corrected chi connectivity index (χ3v) is 6.15. The summed E-state index contributed by atoms with van der Waals surface area (Å²) in [5.74, 6) is 0.836. The Balaban J connectivity index is 0.00000133. The van der Waals surface area contributed by atoms with Crippen LogP contribution in [-0.4, -0.2) is 54.2 Å². The predicted molar refractivity (Wildman–Crippen MR) is 139 cm³/mol. The van der Waals surface area contributed by atoms with Crippen molar-refractivity contribution >= 4 is 28.8 Å². The number of halogens is 1. The van der Waals surface area contributed by atoms with E-state index in [4.69, 9.17) is 21.3 Å². The first kappa shape index (κ1) is 23.8. The molecule has 0 amide bonds. The van der Waals surface area contributed by atoms with Crippen LogP contribution in [0.4, 0.5) is 11.4 Å².